The van der Waals surface area contributed by atoms with Crippen LogP contribution in [-0.2, 0) is 14.3 Å². The van der Waals surface area contributed by atoms with Crippen molar-refractivity contribution in [3.8, 4) is 0 Å². The Morgan fingerprint density at radius 1 is 1.53 bits per heavy atom. The van der Waals surface area contributed by atoms with Crippen molar-refractivity contribution in [1.29, 1.82) is 0 Å². The molecular weight excluding hydrogens is 220 g/mol. The van der Waals surface area contributed by atoms with Gasteiger partial charge >= 0.3 is 0 Å². The Labute approximate surface area is 103 Å². The third-order valence-corrected chi connectivity index (χ3v) is 2.88. The average molecular weight is 244 g/mol. The SMILES string of the molecule is CCCCN(CCOC)C(=O)C1COCCN1. The van der Waals surface area contributed by atoms with Crippen LogP contribution in [0.25, 0.3) is 0 Å². The Kier molecular flexibility index (Phi) is 7.16. The Morgan fingerprint density at radius 3 is 2.94 bits per heavy atom. The molecule has 0 aromatic heterocycles. The van der Waals surface area contributed by atoms with Gasteiger partial charge in [0, 0.05) is 26.7 Å². The largest absolute Gasteiger partial charge is 0.383 e. The fourth-order valence-corrected chi connectivity index (χ4v) is 1.83. The van der Waals surface area contributed by atoms with Crippen molar-refractivity contribution >= 4 is 5.91 Å². The number of rotatable bonds is 7. The normalized spacial score (nSPS) is 20.2. The molecule has 1 amide bonds. The third-order valence-electron chi connectivity index (χ3n) is 2.88. The minimum atomic E-state index is -0.183. The smallest absolute Gasteiger partial charge is 0.242 e. The molecule has 1 N–H and O–H groups in total. The van der Waals surface area contributed by atoms with Crippen LogP contribution in [0.2, 0.25) is 0 Å². The fourth-order valence-electron chi connectivity index (χ4n) is 1.83. The van der Waals surface area contributed by atoms with Gasteiger partial charge in [0.2, 0.25) is 5.91 Å². The van der Waals surface area contributed by atoms with Crippen molar-refractivity contribution in [1.82, 2.24) is 10.2 Å². The summed E-state index contributed by atoms with van der Waals surface area (Å²) in [6, 6.07) is -0.183. The maximum absolute atomic E-state index is 12.2. The number of nitrogens with zero attached hydrogens (tertiary/aromatic N) is 1. The lowest BCUT2D eigenvalue weighted by molar-refractivity contribution is -0.137. The van der Waals surface area contributed by atoms with Crippen molar-refractivity contribution in [3.05, 3.63) is 0 Å². The number of ether oxygens (including phenoxy) is 2. The number of morpholine rings is 1. The Hall–Kier alpha value is -0.650. The Balaban J connectivity index is 2.44. The summed E-state index contributed by atoms with van der Waals surface area (Å²) >= 11 is 0. The van der Waals surface area contributed by atoms with Gasteiger partial charge in [-0.3, -0.25) is 4.79 Å². The van der Waals surface area contributed by atoms with E-state index >= 15 is 0 Å². The number of nitrogens with one attached hydrogen (secondary N) is 1. The zero-order valence-electron chi connectivity index (χ0n) is 10.9. The first-order valence-corrected chi connectivity index (χ1v) is 6.38. The standard InChI is InChI=1S/C12H24N2O3/c1-3-4-6-14(7-9-16-2)12(15)11-10-17-8-5-13-11/h11,13H,3-10H2,1-2H3. The summed E-state index contributed by atoms with van der Waals surface area (Å²) in [5, 5.41) is 3.20. The highest BCUT2D eigenvalue weighted by atomic mass is 16.5. The van der Waals surface area contributed by atoms with E-state index in [1.54, 1.807) is 7.11 Å². The van der Waals surface area contributed by atoms with Gasteiger partial charge in [-0.15, -0.1) is 0 Å². The van der Waals surface area contributed by atoms with Crippen molar-refractivity contribution in [2.45, 2.75) is 25.8 Å². The highest BCUT2D eigenvalue weighted by Crippen LogP contribution is 2.02. The van der Waals surface area contributed by atoms with E-state index in [4.69, 9.17) is 9.47 Å². The maximum Gasteiger partial charge on any atom is 0.242 e. The lowest BCUT2D eigenvalue weighted by Gasteiger charge is -2.30. The van der Waals surface area contributed by atoms with Crippen molar-refractivity contribution in [2.75, 3.05) is 46.6 Å². The number of carbonyl (C=O) groups excluding carboxylic acids is 1. The molecule has 100 valence electrons. The second kappa shape index (κ2) is 8.44. The van der Waals surface area contributed by atoms with Gasteiger partial charge in [0.1, 0.15) is 6.04 Å². The summed E-state index contributed by atoms with van der Waals surface area (Å²) in [4.78, 5) is 14.1. The van der Waals surface area contributed by atoms with E-state index in [0.29, 0.717) is 26.4 Å². The van der Waals surface area contributed by atoms with Crippen molar-refractivity contribution in [3.63, 3.8) is 0 Å². The van der Waals surface area contributed by atoms with Crippen LogP contribution in [0.15, 0.2) is 0 Å². The van der Waals surface area contributed by atoms with Crippen LogP contribution >= 0.6 is 0 Å². The average Bonchev–Trinajstić information content (AvgIpc) is 2.39. The third kappa shape index (κ3) is 5.02. The van der Waals surface area contributed by atoms with E-state index in [1.165, 1.54) is 0 Å². The summed E-state index contributed by atoms with van der Waals surface area (Å²) in [7, 11) is 1.66. The van der Waals surface area contributed by atoms with E-state index < -0.39 is 0 Å². The molecule has 0 spiro atoms. The Bertz CT molecular complexity index is 210. The molecule has 1 aliphatic rings. The number of amides is 1. The summed E-state index contributed by atoms with van der Waals surface area (Å²) < 4.78 is 10.4. The first kappa shape index (κ1) is 14.4. The molecule has 5 nitrogen and oxygen atoms in total. The molecule has 0 aromatic carbocycles. The molecule has 1 heterocycles. The van der Waals surface area contributed by atoms with Crippen LogP contribution in [0.5, 0.6) is 0 Å². The first-order chi connectivity index (χ1) is 8.29. The molecule has 1 rings (SSSR count). The fraction of sp³-hybridized carbons (Fsp3) is 0.917. The highest BCUT2D eigenvalue weighted by Gasteiger charge is 2.25. The summed E-state index contributed by atoms with van der Waals surface area (Å²) in [5.41, 5.74) is 0. The number of hydrogen-bond donors (Lipinski definition) is 1. The van der Waals surface area contributed by atoms with Gasteiger partial charge in [0.05, 0.1) is 19.8 Å². The van der Waals surface area contributed by atoms with E-state index in [-0.39, 0.29) is 11.9 Å². The van der Waals surface area contributed by atoms with Gasteiger partial charge in [-0.05, 0) is 6.42 Å². The molecule has 0 radical (unpaired) electrons. The number of hydrogen-bond acceptors (Lipinski definition) is 4. The van der Waals surface area contributed by atoms with Gasteiger partial charge in [-0.1, -0.05) is 13.3 Å². The van der Waals surface area contributed by atoms with Crippen molar-refractivity contribution in [2.24, 2.45) is 0 Å². The molecule has 1 saturated heterocycles. The maximum atomic E-state index is 12.2. The molecule has 0 bridgehead atoms. The zero-order chi connectivity index (χ0) is 12.5. The predicted molar refractivity (Wildman–Crippen MR) is 66.0 cm³/mol. The van der Waals surface area contributed by atoms with Crippen LogP contribution in [0, 0.1) is 0 Å². The quantitative estimate of drug-likeness (QED) is 0.697. The molecule has 0 aliphatic carbocycles. The van der Waals surface area contributed by atoms with Gasteiger partial charge < -0.3 is 19.7 Å². The topological polar surface area (TPSA) is 50.8 Å². The lowest BCUT2D eigenvalue weighted by atomic mass is 10.2. The van der Waals surface area contributed by atoms with Gasteiger partial charge in [-0.25, -0.2) is 0 Å². The van der Waals surface area contributed by atoms with E-state index in [1.807, 2.05) is 4.90 Å². The van der Waals surface area contributed by atoms with Crippen LogP contribution < -0.4 is 5.32 Å². The molecule has 0 aromatic rings. The zero-order valence-corrected chi connectivity index (χ0v) is 10.9. The van der Waals surface area contributed by atoms with Crippen LogP contribution in [0.1, 0.15) is 19.8 Å². The summed E-state index contributed by atoms with van der Waals surface area (Å²) in [5.74, 6) is 0.134. The van der Waals surface area contributed by atoms with Gasteiger partial charge in [0.15, 0.2) is 0 Å². The molecule has 1 unspecified atom stereocenters. The molecule has 17 heavy (non-hydrogen) atoms. The van der Waals surface area contributed by atoms with E-state index in [0.717, 1.165) is 25.9 Å². The second-order valence-electron chi connectivity index (χ2n) is 4.25. The summed E-state index contributed by atoms with van der Waals surface area (Å²) in [6.45, 7) is 6.10. The number of methoxy groups -OCH3 is 1. The molecule has 5 heteroatoms. The van der Waals surface area contributed by atoms with Gasteiger partial charge in [-0.2, -0.15) is 0 Å². The number of carbonyl (C=O) groups is 1. The molecular formula is C12H24N2O3. The van der Waals surface area contributed by atoms with Crippen LogP contribution in [0.3, 0.4) is 0 Å². The second-order valence-corrected chi connectivity index (χ2v) is 4.25. The first-order valence-electron chi connectivity index (χ1n) is 6.38. The van der Waals surface area contributed by atoms with Crippen molar-refractivity contribution < 1.29 is 14.3 Å². The molecule has 1 aliphatic heterocycles. The minimum absolute atomic E-state index is 0.134. The lowest BCUT2D eigenvalue weighted by Crippen LogP contribution is -2.53. The molecule has 1 atom stereocenters. The number of unbranched alkanes of at least 4 members (excludes halogenated alkanes) is 1. The summed E-state index contributed by atoms with van der Waals surface area (Å²) in [6.07, 6.45) is 2.12. The Morgan fingerprint density at radius 2 is 2.35 bits per heavy atom. The minimum Gasteiger partial charge on any atom is -0.383 e. The predicted octanol–water partition coefficient (Wildman–Crippen LogP) is 0.250. The van der Waals surface area contributed by atoms with Crippen LogP contribution in [0.4, 0.5) is 0 Å². The van der Waals surface area contributed by atoms with E-state index in [2.05, 4.69) is 12.2 Å². The van der Waals surface area contributed by atoms with E-state index in [9.17, 15) is 4.79 Å². The monoisotopic (exact) mass is 244 g/mol. The van der Waals surface area contributed by atoms with Gasteiger partial charge in [0.25, 0.3) is 0 Å². The highest BCUT2D eigenvalue weighted by molar-refractivity contribution is 5.82. The molecule has 0 saturated carbocycles. The molecule has 1 fully saturated rings. The van der Waals surface area contributed by atoms with Crippen LogP contribution in [-0.4, -0.2) is 63.4 Å².